The summed E-state index contributed by atoms with van der Waals surface area (Å²) >= 11 is 0. The fourth-order valence-corrected chi connectivity index (χ4v) is 0.845. The van der Waals surface area contributed by atoms with Crippen LogP contribution in [0, 0.1) is 12.3 Å². The number of hydrogen-bond donors (Lipinski definition) is 0. The summed E-state index contributed by atoms with van der Waals surface area (Å²) in [7, 11) is 0. The van der Waals surface area contributed by atoms with Crippen LogP contribution in [-0.4, -0.2) is 12.4 Å². The summed E-state index contributed by atoms with van der Waals surface area (Å²) in [6.07, 6.45) is 5.10. The average Bonchev–Trinajstić information content (AvgIpc) is 2.17. The number of rotatable bonds is 4. The van der Waals surface area contributed by atoms with Gasteiger partial charge in [-0.15, -0.1) is 6.42 Å². The molecule has 0 radical (unpaired) electrons. The lowest BCUT2D eigenvalue weighted by Gasteiger charge is -2.02. The quantitative estimate of drug-likeness (QED) is 0.649. The molecule has 0 N–H and O–H groups in total. The van der Waals surface area contributed by atoms with Crippen molar-refractivity contribution in [1.82, 2.24) is 0 Å². The van der Waals surface area contributed by atoms with E-state index in [2.05, 4.69) is 5.92 Å². The summed E-state index contributed by atoms with van der Waals surface area (Å²) in [4.78, 5) is 10.9. The molecule has 0 bridgehead atoms. The highest BCUT2D eigenvalue weighted by atomic mass is 16.5. The van der Waals surface area contributed by atoms with E-state index in [0.717, 1.165) is 0 Å². The Morgan fingerprint density at radius 3 is 2.69 bits per heavy atom. The zero-order valence-corrected chi connectivity index (χ0v) is 7.19. The Hall–Kier alpha value is -1.75. The molecular weight excluding hydrogens is 164 g/mol. The molecular formula is C11H10O2. The molecule has 0 saturated carbocycles. The highest BCUT2D eigenvalue weighted by Gasteiger charge is 1.99. The Balaban J connectivity index is 2.36. The molecule has 0 aliphatic carbocycles. The fraction of sp³-hybridized carbons (Fsp3) is 0.182. The number of carbonyl (C=O) groups is 1. The number of carbonyl (C=O) groups excluding carboxylic acids is 1. The molecule has 2 nitrogen and oxygen atoms in total. The molecule has 0 unspecified atom stereocenters. The van der Waals surface area contributed by atoms with E-state index in [4.69, 9.17) is 11.2 Å². The van der Waals surface area contributed by atoms with E-state index in [1.54, 1.807) is 12.1 Å². The molecule has 0 aliphatic heterocycles. The number of para-hydroxylation sites is 1. The van der Waals surface area contributed by atoms with Gasteiger partial charge in [0.25, 0.3) is 0 Å². The molecule has 0 aromatic heterocycles. The van der Waals surface area contributed by atoms with E-state index in [1.165, 1.54) is 0 Å². The summed E-state index contributed by atoms with van der Waals surface area (Å²) in [6, 6.07) is 9.17. The van der Waals surface area contributed by atoms with Crippen molar-refractivity contribution in [3.63, 3.8) is 0 Å². The van der Waals surface area contributed by atoms with Crippen LogP contribution in [0.25, 0.3) is 0 Å². The molecule has 1 aromatic carbocycles. The van der Waals surface area contributed by atoms with Gasteiger partial charge in [0.1, 0.15) is 12.4 Å². The van der Waals surface area contributed by atoms with Crippen molar-refractivity contribution in [1.29, 1.82) is 0 Å². The van der Waals surface area contributed by atoms with Gasteiger partial charge in [-0.2, -0.15) is 0 Å². The van der Waals surface area contributed by atoms with Gasteiger partial charge >= 0.3 is 0 Å². The number of hydrogen-bond acceptors (Lipinski definition) is 2. The van der Waals surface area contributed by atoms with E-state index in [9.17, 15) is 4.79 Å². The predicted molar refractivity (Wildman–Crippen MR) is 50.4 cm³/mol. The van der Waals surface area contributed by atoms with Gasteiger partial charge in [-0.05, 0) is 12.1 Å². The topological polar surface area (TPSA) is 26.3 Å². The van der Waals surface area contributed by atoms with Crippen molar-refractivity contribution in [2.24, 2.45) is 0 Å². The Kier molecular flexibility index (Phi) is 3.59. The molecule has 0 spiro atoms. The molecule has 1 rings (SSSR count). The minimum atomic E-state index is -0.0775. The Morgan fingerprint density at radius 1 is 1.38 bits per heavy atom. The van der Waals surface area contributed by atoms with Crippen LogP contribution < -0.4 is 4.74 Å². The Labute approximate surface area is 77.5 Å². The molecule has 66 valence electrons. The first-order chi connectivity index (χ1) is 6.33. The zero-order valence-electron chi connectivity index (χ0n) is 7.19. The minimum absolute atomic E-state index is 0.0498. The Morgan fingerprint density at radius 2 is 2.08 bits per heavy atom. The molecule has 2 heteroatoms. The lowest BCUT2D eigenvalue weighted by Crippen LogP contribution is -2.09. The molecule has 0 fully saturated rings. The smallest absolute Gasteiger partial charge is 0.182 e. The fourth-order valence-electron chi connectivity index (χ4n) is 0.845. The van der Waals surface area contributed by atoms with Crippen LogP contribution in [-0.2, 0) is 4.79 Å². The molecule has 13 heavy (non-hydrogen) atoms. The molecule has 0 amide bonds. The van der Waals surface area contributed by atoms with Crippen LogP contribution in [0.3, 0.4) is 0 Å². The summed E-state index contributed by atoms with van der Waals surface area (Å²) in [5.74, 6) is 2.88. The normalized spacial score (nSPS) is 8.85. The van der Waals surface area contributed by atoms with Crippen LogP contribution >= 0.6 is 0 Å². The van der Waals surface area contributed by atoms with Gasteiger partial charge in [-0.3, -0.25) is 4.79 Å². The van der Waals surface area contributed by atoms with Crippen molar-refractivity contribution in [3.05, 3.63) is 30.3 Å². The zero-order chi connectivity index (χ0) is 9.52. The van der Waals surface area contributed by atoms with E-state index in [-0.39, 0.29) is 18.8 Å². The largest absolute Gasteiger partial charge is 0.486 e. The number of benzene rings is 1. The van der Waals surface area contributed by atoms with Crippen LogP contribution in [0.1, 0.15) is 6.42 Å². The summed E-state index contributed by atoms with van der Waals surface area (Å²) in [5, 5.41) is 0. The third kappa shape index (κ3) is 3.44. The highest BCUT2D eigenvalue weighted by Crippen LogP contribution is 2.07. The number of Topliss-reactive ketones (excluding diaryl/α,β-unsaturated/α-hetero) is 1. The second kappa shape index (κ2) is 5.00. The molecule has 1 aromatic rings. The minimum Gasteiger partial charge on any atom is -0.486 e. The standard InChI is InChI=1S/C11H10O2/c1-2-6-10(12)9-13-11-7-4-3-5-8-11/h1,3-5,7-8H,6,9H2. The van der Waals surface area contributed by atoms with Crippen molar-refractivity contribution >= 4 is 5.78 Å². The van der Waals surface area contributed by atoms with Crippen molar-refractivity contribution in [3.8, 4) is 18.1 Å². The summed E-state index contributed by atoms with van der Waals surface area (Å²) < 4.78 is 5.18. The van der Waals surface area contributed by atoms with Gasteiger partial charge < -0.3 is 4.74 Å². The lowest BCUT2D eigenvalue weighted by molar-refractivity contribution is -0.120. The predicted octanol–water partition coefficient (Wildman–Crippen LogP) is 1.66. The van der Waals surface area contributed by atoms with E-state index in [0.29, 0.717) is 5.75 Å². The van der Waals surface area contributed by atoms with Crippen LogP contribution in [0.4, 0.5) is 0 Å². The van der Waals surface area contributed by atoms with Gasteiger partial charge in [0, 0.05) is 0 Å². The van der Waals surface area contributed by atoms with E-state index >= 15 is 0 Å². The van der Waals surface area contributed by atoms with Gasteiger partial charge in [0.05, 0.1) is 6.42 Å². The van der Waals surface area contributed by atoms with E-state index in [1.807, 2.05) is 18.2 Å². The molecule has 0 atom stereocenters. The van der Waals surface area contributed by atoms with Gasteiger partial charge in [0.15, 0.2) is 5.78 Å². The van der Waals surface area contributed by atoms with Crippen LogP contribution in [0.5, 0.6) is 5.75 Å². The van der Waals surface area contributed by atoms with Crippen molar-refractivity contribution < 1.29 is 9.53 Å². The maximum absolute atomic E-state index is 10.9. The lowest BCUT2D eigenvalue weighted by atomic mass is 10.3. The highest BCUT2D eigenvalue weighted by molar-refractivity contribution is 5.82. The van der Waals surface area contributed by atoms with Crippen molar-refractivity contribution in [2.75, 3.05) is 6.61 Å². The number of ketones is 1. The first-order valence-corrected chi connectivity index (χ1v) is 3.96. The first kappa shape index (κ1) is 9.34. The second-order valence-corrected chi connectivity index (χ2v) is 2.52. The molecule has 0 aliphatic rings. The van der Waals surface area contributed by atoms with Crippen molar-refractivity contribution in [2.45, 2.75) is 6.42 Å². The SMILES string of the molecule is C#CCC(=O)COc1ccccc1. The maximum Gasteiger partial charge on any atom is 0.182 e. The van der Waals surface area contributed by atoms with Gasteiger partial charge in [-0.1, -0.05) is 24.1 Å². The molecule has 0 heterocycles. The second-order valence-electron chi connectivity index (χ2n) is 2.52. The summed E-state index contributed by atoms with van der Waals surface area (Å²) in [6.45, 7) is 0.0498. The third-order valence-corrected chi connectivity index (χ3v) is 1.44. The summed E-state index contributed by atoms with van der Waals surface area (Å²) in [5.41, 5.74) is 0. The van der Waals surface area contributed by atoms with Gasteiger partial charge in [0.2, 0.25) is 0 Å². The van der Waals surface area contributed by atoms with Crippen LogP contribution in [0.15, 0.2) is 30.3 Å². The third-order valence-electron chi connectivity index (χ3n) is 1.44. The maximum atomic E-state index is 10.9. The molecule has 0 saturated heterocycles. The first-order valence-electron chi connectivity index (χ1n) is 3.96. The van der Waals surface area contributed by atoms with Crippen LogP contribution in [0.2, 0.25) is 0 Å². The number of terminal acetylenes is 1. The van der Waals surface area contributed by atoms with Gasteiger partial charge in [-0.25, -0.2) is 0 Å². The monoisotopic (exact) mass is 174 g/mol. The average molecular weight is 174 g/mol. The Bertz CT molecular complexity index is 309. The van der Waals surface area contributed by atoms with E-state index < -0.39 is 0 Å². The number of ether oxygens (including phenoxy) is 1.